The lowest BCUT2D eigenvalue weighted by Crippen LogP contribution is -2.23. The second-order valence-corrected chi connectivity index (χ2v) is 12.5. The normalized spacial score (nSPS) is 11.0. The van der Waals surface area contributed by atoms with E-state index in [1.807, 2.05) is 35.7 Å². The molecule has 0 aliphatic heterocycles. The van der Waals surface area contributed by atoms with Crippen LogP contribution in [0.4, 0.5) is 5.00 Å². The van der Waals surface area contributed by atoms with Gasteiger partial charge in [-0.1, -0.05) is 53.7 Å². The van der Waals surface area contributed by atoms with Crippen molar-refractivity contribution in [3.8, 4) is 16.8 Å². The number of thiophene rings is 2. The molecule has 3 heterocycles. The Morgan fingerprint density at radius 2 is 1.68 bits per heavy atom. The SMILES string of the molecule is CCOC(=O)c1sc(NC(=O)CSc2nc3scc(-c4ccc(Cl)cc4)c3c(=O)n2-c2ccccc2)c(C(=O)OCC)c1C. The molecule has 0 saturated carbocycles. The molecule has 5 aromatic rings. The molecule has 0 fully saturated rings. The highest BCUT2D eigenvalue weighted by Crippen LogP contribution is 2.36. The minimum absolute atomic E-state index is 0.104. The smallest absolute Gasteiger partial charge is 0.348 e. The number of para-hydroxylation sites is 1. The Kier molecular flexibility index (Phi) is 9.84. The number of esters is 2. The summed E-state index contributed by atoms with van der Waals surface area (Å²) in [6.45, 7) is 5.25. The van der Waals surface area contributed by atoms with Crippen LogP contribution in [0.5, 0.6) is 0 Å². The van der Waals surface area contributed by atoms with Crippen molar-refractivity contribution in [2.45, 2.75) is 25.9 Å². The molecular weight excluding hydrogens is 642 g/mol. The largest absolute Gasteiger partial charge is 0.462 e. The summed E-state index contributed by atoms with van der Waals surface area (Å²) in [6.07, 6.45) is 0. The molecule has 226 valence electrons. The molecule has 0 aliphatic carbocycles. The highest BCUT2D eigenvalue weighted by atomic mass is 35.5. The van der Waals surface area contributed by atoms with Crippen LogP contribution in [-0.4, -0.2) is 46.4 Å². The number of nitrogens with zero attached hydrogens (tertiary/aromatic N) is 2. The third-order valence-corrected chi connectivity index (χ3v) is 9.67. The van der Waals surface area contributed by atoms with Crippen LogP contribution in [-0.2, 0) is 14.3 Å². The van der Waals surface area contributed by atoms with Crippen LogP contribution in [0, 0.1) is 6.92 Å². The summed E-state index contributed by atoms with van der Waals surface area (Å²) in [4.78, 5) is 58.1. The Labute approximate surface area is 269 Å². The predicted molar refractivity (Wildman–Crippen MR) is 176 cm³/mol. The van der Waals surface area contributed by atoms with Gasteiger partial charge in [-0.15, -0.1) is 22.7 Å². The van der Waals surface area contributed by atoms with Crippen LogP contribution in [0.2, 0.25) is 5.02 Å². The van der Waals surface area contributed by atoms with Gasteiger partial charge in [-0.05, 0) is 56.2 Å². The van der Waals surface area contributed by atoms with Crippen molar-refractivity contribution in [3.63, 3.8) is 0 Å². The van der Waals surface area contributed by atoms with Crippen LogP contribution in [0.3, 0.4) is 0 Å². The molecule has 0 atom stereocenters. The van der Waals surface area contributed by atoms with Gasteiger partial charge < -0.3 is 14.8 Å². The average Bonchev–Trinajstić information content (AvgIpc) is 3.58. The number of carbonyl (C=O) groups is 3. The molecule has 1 amide bonds. The highest BCUT2D eigenvalue weighted by molar-refractivity contribution is 7.99. The van der Waals surface area contributed by atoms with Crippen LogP contribution >= 0.6 is 46.0 Å². The molecule has 0 bridgehead atoms. The lowest BCUT2D eigenvalue weighted by molar-refractivity contribution is -0.113. The van der Waals surface area contributed by atoms with Crippen LogP contribution in [0.25, 0.3) is 27.0 Å². The molecule has 44 heavy (non-hydrogen) atoms. The van der Waals surface area contributed by atoms with Gasteiger partial charge in [0, 0.05) is 16.0 Å². The van der Waals surface area contributed by atoms with Crippen molar-refractivity contribution in [1.29, 1.82) is 0 Å². The van der Waals surface area contributed by atoms with E-state index in [0.29, 0.717) is 31.6 Å². The van der Waals surface area contributed by atoms with Gasteiger partial charge in [0.1, 0.15) is 14.7 Å². The zero-order chi connectivity index (χ0) is 31.4. The van der Waals surface area contributed by atoms with E-state index in [1.54, 1.807) is 45.0 Å². The van der Waals surface area contributed by atoms with Crippen molar-refractivity contribution in [2.75, 3.05) is 24.3 Å². The lowest BCUT2D eigenvalue weighted by Gasteiger charge is -2.13. The number of halogens is 1. The lowest BCUT2D eigenvalue weighted by atomic mass is 10.1. The maximum absolute atomic E-state index is 14.0. The number of fused-ring (bicyclic) bond motifs is 1. The summed E-state index contributed by atoms with van der Waals surface area (Å²) in [5.74, 6) is -1.83. The first kappa shape index (κ1) is 31.5. The van der Waals surface area contributed by atoms with E-state index in [4.69, 9.17) is 26.1 Å². The number of aromatic nitrogens is 2. The molecule has 5 rings (SSSR count). The Morgan fingerprint density at radius 1 is 1.00 bits per heavy atom. The molecule has 9 nitrogen and oxygen atoms in total. The summed E-state index contributed by atoms with van der Waals surface area (Å²) < 4.78 is 11.8. The molecule has 0 radical (unpaired) electrons. The zero-order valence-corrected chi connectivity index (χ0v) is 27.0. The Morgan fingerprint density at radius 3 is 2.36 bits per heavy atom. The molecule has 13 heteroatoms. The minimum atomic E-state index is -0.654. The van der Waals surface area contributed by atoms with E-state index < -0.39 is 17.8 Å². The first-order valence-corrected chi connectivity index (χ1v) is 16.5. The van der Waals surface area contributed by atoms with E-state index in [2.05, 4.69) is 5.32 Å². The van der Waals surface area contributed by atoms with Gasteiger partial charge in [-0.25, -0.2) is 14.6 Å². The molecule has 2 aromatic carbocycles. The Hall–Kier alpha value is -3.97. The second kappa shape index (κ2) is 13.8. The second-order valence-electron chi connectivity index (χ2n) is 9.25. The first-order valence-electron chi connectivity index (χ1n) is 13.5. The third-order valence-electron chi connectivity index (χ3n) is 6.42. The van der Waals surface area contributed by atoms with E-state index in [-0.39, 0.29) is 40.0 Å². The number of benzene rings is 2. The van der Waals surface area contributed by atoms with Crippen molar-refractivity contribution in [1.82, 2.24) is 9.55 Å². The molecule has 1 N–H and O–H groups in total. The van der Waals surface area contributed by atoms with Gasteiger partial charge in [0.2, 0.25) is 5.91 Å². The number of amides is 1. The van der Waals surface area contributed by atoms with Crippen molar-refractivity contribution >= 4 is 79.1 Å². The number of anilines is 1. The van der Waals surface area contributed by atoms with E-state index in [1.165, 1.54) is 15.9 Å². The molecule has 0 aliphatic rings. The summed E-state index contributed by atoms with van der Waals surface area (Å²) in [7, 11) is 0. The van der Waals surface area contributed by atoms with Gasteiger partial charge in [-0.2, -0.15) is 0 Å². The molecular formula is C31H26ClN3O6S3. The maximum Gasteiger partial charge on any atom is 0.348 e. The monoisotopic (exact) mass is 667 g/mol. The summed E-state index contributed by atoms with van der Waals surface area (Å²) in [5, 5.41) is 6.20. The van der Waals surface area contributed by atoms with Crippen LogP contribution in [0.1, 0.15) is 39.4 Å². The van der Waals surface area contributed by atoms with Gasteiger partial charge >= 0.3 is 11.9 Å². The fourth-order valence-corrected chi connectivity index (χ4v) is 7.48. The van der Waals surface area contributed by atoms with Gasteiger partial charge in [-0.3, -0.25) is 14.2 Å². The zero-order valence-electron chi connectivity index (χ0n) is 23.8. The van der Waals surface area contributed by atoms with Crippen molar-refractivity contribution < 1.29 is 23.9 Å². The number of ether oxygens (including phenoxy) is 2. The number of rotatable bonds is 10. The molecule has 3 aromatic heterocycles. The van der Waals surface area contributed by atoms with Gasteiger partial charge in [0.15, 0.2) is 5.16 Å². The summed E-state index contributed by atoms with van der Waals surface area (Å²) in [5.41, 5.74) is 2.38. The number of thioether (sulfide) groups is 1. The summed E-state index contributed by atoms with van der Waals surface area (Å²) in [6, 6.07) is 16.3. The third kappa shape index (κ3) is 6.43. The van der Waals surface area contributed by atoms with Gasteiger partial charge in [0.25, 0.3) is 5.56 Å². The van der Waals surface area contributed by atoms with Gasteiger partial charge in [0.05, 0.1) is 35.6 Å². The van der Waals surface area contributed by atoms with E-state index >= 15 is 0 Å². The number of hydrogen-bond acceptors (Lipinski definition) is 10. The quantitative estimate of drug-likeness (QED) is 0.0943. The first-order chi connectivity index (χ1) is 21.2. The minimum Gasteiger partial charge on any atom is -0.462 e. The maximum atomic E-state index is 14.0. The molecule has 0 saturated heterocycles. The number of carbonyl (C=O) groups excluding carboxylic acids is 3. The average molecular weight is 668 g/mol. The molecule has 0 spiro atoms. The van der Waals surface area contributed by atoms with E-state index in [9.17, 15) is 19.2 Å². The fraction of sp³-hybridized carbons (Fsp3) is 0.194. The van der Waals surface area contributed by atoms with Crippen LogP contribution < -0.4 is 10.9 Å². The van der Waals surface area contributed by atoms with E-state index in [0.717, 1.165) is 34.2 Å². The number of nitrogens with one attached hydrogen (secondary N) is 1. The standard InChI is InChI=1S/C31H26ClN3O6S3/c1-4-40-29(38)23-17(3)25(30(39)41-5-2)44-27(23)33-22(36)16-43-31-34-26-24(28(37)35(31)20-9-7-6-8-10-20)21(15-42-26)18-11-13-19(32)14-12-18/h6-15H,4-5,16H2,1-3H3,(H,33,36). The molecule has 0 unspecified atom stereocenters. The topological polar surface area (TPSA) is 117 Å². The fourth-order valence-electron chi connectivity index (χ4n) is 4.45. The van der Waals surface area contributed by atoms with Crippen molar-refractivity contribution in [3.05, 3.63) is 91.4 Å². The number of hydrogen-bond donors (Lipinski definition) is 1. The Balaban J connectivity index is 1.48. The highest BCUT2D eigenvalue weighted by Gasteiger charge is 2.28. The van der Waals surface area contributed by atoms with Crippen molar-refractivity contribution in [2.24, 2.45) is 0 Å². The summed E-state index contributed by atoms with van der Waals surface area (Å²) >= 11 is 9.45. The predicted octanol–water partition coefficient (Wildman–Crippen LogP) is 7.22. The Bertz CT molecular complexity index is 1920. The van der Waals surface area contributed by atoms with Crippen LogP contribution in [0.15, 0.2) is 69.9 Å².